The standard InChI is InChI=1S/C33H46N2O4S/c1-6-25(20-24-13-8-7-9-14-24)31(36)34-23(3)26-16-17-28(29(21-26)27-15-11-10-12-22(27)2)32(37)35-30(18-19-40-5)33(38)39-4/h10-12,15-17,21,23-25,30H,6-9,13-14,18-20H2,1-5H3,(H,34,36)(H,35,37). The van der Waals surface area contributed by atoms with Crippen molar-refractivity contribution in [3.05, 3.63) is 59.2 Å². The Hall–Kier alpha value is -2.80. The van der Waals surface area contributed by atoms with Crippen LogP contribution in [0.2, 0.25) is 0 Å². The molecular weight excluding hydrogens is 520 g/mol. The summed E-state index contributed by atoms with van der Waals surface area (Å²) >= 11 is 1.61. The first-order chi connectivity index (χ1) is 19.3. The van der Waals surface area contributed by atoms with Gasteiger partial charge < -0.3 is 15.4 Å². The topological polar surface area (TPSA) is 84.5 Å². The average molecular weight is 567 g/mol. The summed E-state index contributed by atoms with van der Waals surface area (Å²) in [5, 5.41) is 6.15. The van der Waals surface area contributed by atoms with Crippen LogP contribution in [0.1, 0.15) is 92.7 Å². The molecule has 3 atom stereocenters. The van der Waals surface area contributed by atoms with Crippen molar-refractivity contribution in [3.63, 3.8) is 0 Å². The van der Waals surface area contributed by atoms with E-state index in [0.717, 1.165) is 40.8 Å². The zero-order valence-electron chi connectivity index (χ0n) is 24.8. The van der Waals surface area contributed by atoms with E-state index in [0.29, 0.717) is 17.9 Å². The van der Waals surface area contributed by atoms with Gasteiger partial charge in [-0.15, -0.1) is 0 Å². The summed E-state index contributed by atoms with van der Waals surface area (Å²) in [6.45, 7) is 6.11. The second kappa shape index (κ2) is 15.8. The van der Waals surface area contributed by atoms with Crippen molar-refractivity contribution < 1.29 is 19.1 Å². The molecule has 1 fully saturated rings. The number of amides is 2. The molecular formula is C33H46N2O4S. The zero-order valence-corrected chi connectivity index (χ0v) is 25.6. The summed E-state index contributed by atoms with van der Waals surface area (Å²) in [7, 11) is 1.34. The van der Waals surface area contributed by atoms with Gasteiger partial charge in [0.15, 0.2) is 0 Å². The molecule has 0 heterocycles. The Labute approximate surface area is 244 Å². The summed E-state index contributed by atoms with van der Waals surface area (Å²) in [5.41, 5.74) is 4.17. The summed E-state index contributed by atoms with van der Waals surface area (Å²) in [4.78, 5) is 39.2. The van der Waals surface area contributed by atoms with Gasteiger partial charge in [0.1, 0.15) is 6.04 Å². The van der Waals surface area contributed by atoms with Gasteiger partial charge in [0.2, 0.25) is 5.91 Å². The third-order valence-corrected chi connectivity index (χ3v) is 8.83. The molecule has 0 aliphatic heterocycles. The van der Waals surface area contributed by atoms with Crippen molar-refractivity contribution in [1.29, 1.82) is 0 Å². The molecule has 0 aromatic heterocycles. The molecule has 7 heteroatoms. The predicted molar refractivity (Wildman–Crippen MR) is 164 cm³/mol. The maximum Gasteiger partial charge on any atom is 0.328 e. The largest absolute Gasteiger partial charge is 0.467 e. The van der Waals surface area contributed by atoms with Crippen LogP contribution in [0.4, 0.5) is 0 Å². The van der Waals surface area contributed by atoms with Crippen molar-refractivity contribution in [3.8, 4) is 11.1 Å². The predicted octanol–water partition coefficient (Wildman–Crippen LogP) is 6.86. The fourth-order valence-electron chi connectivity index (χ4n) is 5.69. The van der Waals surface area contributed by atoms with Crippen LogP contribution < -0.4 is 10.6 Å². The number of nitrogens with one attached hydrogen (secondary N) is 2. The van der Waals surface area contributed by atoms with Gasteiger partial charge in [0, 0.05) is 11.5 Å². The van der Waals surface area contributed by atoms with E-state index in [1.165, 1.54) is 39.2 Å². The molecule has 2 amide bonds. The van der Waals surface area contributed by atoms with E-state index in [-0.39, 0.29) is 23.8 Å². The van der Waals surface area contributed by atoms with Crippen LogP contribution in [0, 0.1) is 18.8 Å². The van der Waals surface area contributed by atoms with Crippen LogP contribution in [0.5, 0.6) is 0 Å². The Balaban J connectivity index is 1.85. The number of benzene rings is 2. The van der Waals surface area contributed by atoms with Crippen LogP contribution in [0.3, 0.4) is 0 Å². The maximum atomic E-state index is 13.5. The van der Waals surface area contributed by atoms with Crippen molar-refractivity contribution in [2.45, 2.75) is 84.2 Å². The Bertz CT molecular complexity index is 1150. The van der Waals surface area contributed by atoms with Gasteiger partial charge >= 0.3 is 5.97 Å². The fourth-order valence-corrected chi connectivity index (χ4v) is 6.16. The number of thioether (sulfide) groups is 1. The van der Waals surface area contributed by atoms with E-state index in [4.69, 9.17) is 4.74 Å². The van der Waals surface area contributed by atoms with Crippen LogP contribution in [0.15, 0.2) is 42.5 Å². The molecule has 2 aromatic rings. The first kappa shape index (κ1) is 31.7. The lowest BCUT2D eigenvalue weighted by Crippen LogP contribution is -2.42. The van der Waals surface area contributed by atoms with E-state index in [9.17, 15) is 14.4 Å². The smallest absolute Gasteiger partial charge is 0.328 e. The minimum absolute atomic E-state index is 0.0166. The number of aryl methyl sites for hydroxylation is 1. The molecule has 1 aliphatic carbocycles. The van der Waals surface area contributed by atoms with Gasteiger partial charge in [-0.05, 0) is 85.4 Å². The number of carbonyl (C=O) groups excluding carboxylic acids is 3. The van der Waals surface area contributed by atoms with Crippen molar-refractivity contribution in [2.24, 2.45) is 11.8 Å². The first-order valence-electron chi connectivity index (χ1n) is 14.7. The highest BCUT2D eigenvalue weighted by atomic mass is 32.2. The Morgan fingerprint density at radius 2 is 1.75 bits per heavy atom. The molecule has 1 aliphatic rings. The Kier molecular flexibility index (Phi) is 12.6. The molecule has 0 spiro atoms. The van der Waals surface area contributed by atoms with Gasteiger partial charge in [-0.2, -0.15) is 11.8 Å². The molecule has 3 rings (SSSR count). The van der Waals surface area contributed by atoms with Crippen LogP contribution in [-0.2, 0) is 14.3 Å². The van der Waals surface area contributed by atoms with Gasteiger partial charge in [-0.1, -0.05) is 69.4 Å². The SMILES string of the molecule is CCC(CC1CCCCC1)C(=O)NC(C)c1ccc(C(=O)NC(CCSC)C(=O)OC)c(-c2ccccc2C)c1. The molecule has 6 nitrogen and oxygen atoms in total. The molecule has 3 unspecified atom stereocenters. The maximum absolute atomic E-state index is 13.5. The first-order valence-corrected chi connectivity index (χ1v) is 16.1. The number of carbonyl (C=O) groups is 3. The highest BCUT2D eigenvalue weighted by Gasteiger charge is 2.26. The fraction of sp³-hybridized carbons (Fsp3) is 0.545. The molecule has 2 aromatic carbocycles. The second-order valence-corrected chi connectivity index (χ2v) is 12.0. The van der Waals surface area contributed by atoms with Gasteiger partial charge in [0.05, 0.1) is 13.2 Å². The van der Waals surface area contributed by atoms with Crippen molar-refractivity contribution in [1.82, 2.24) is 10.6 Å². The van der Waals surface area contributed by atoms with E-state index in [1.807, 2.05) is 56.5 Å². The number of hydrogen-bond acceptors (Lipinski definition) is 5. The van der Waals surface area contributed by atoms with Gasteiger partial charge in [0.25, 0.3) is 5.91 Å². The molecule has 0 radical (unpaired) electrons. The van der Waals surface area contributed by atoms with E-state index in [1.54, 1.807) is 17.8 Å². The number of hydrogen-bond donors (Lipinski definition) is 2. The minimum atomic E-state index is -0.720. The highest BCUT2D eigenvalue weighted by Crippen LogP contribution is 2.32. The second-order valence-electron chi connectivity index (χ2n) is 11.0. The Morgan fingerprint density at radius 3 is 2.40 bits per heavy atom. The van der Waals surface area contributed by atoms with Crippen molar-refractivity contribution in [2.75, 3.05) is 19.1 Å². The quantitative estimate of drug-likeness (QED) is 0.259. The number of esters is 1. The van der Waals surface area contributed by atoms with Crippen LogP contribution in [-0.4, -0.2) is 42.9 Å². The molecule has 0 saturated heterocycles. The lowest BCUT2D eigenvalue weighted by atomic mass is 9.81. The van der Waals surface area contributed by atoms with Crippen LogP contribution >= 0.6 is 11.8 Å². The summed E-state index contributed by atoms with van der Waals surface area (Å²) in [6.07, 6.45) is 10.6. The third kappa shape index (κ3) is 8.60. The molecule has 40 heavy (non-hydrogen) atoms. The van der Waals surface area contributed by atoms with E-state index >= 15 is 0 Å². The van der Waals surface area contributed by atoms with Crippen molar-refractivity contribution >= 4 is 29.5 Å². The van der Waals surface area contributed by atoms with E-state index < -0.39 is 12.0 Å². The average Bonchev–Trinajstić information content (AvgIpc) is 2.97. The Morgan fingerprint density at radius 1 is 1.02 bits per heavy atom. The molecule has 218 valence electrons. The minimum Gasteiger partial charge on any atom is -0.467 e. The summed E-state index contributed by atoms with van der Waals surface area (Å²) in [6, 6.07) is 12.7. The van der Waals surface area contributed by atoms with E-state index in [2.05, 4.69) is 17.6 Å². The highest BCUT2D eigenvalue weighted by molar-refractivity contribution is 7.98. The lowest BCUT2D eigenvalue weighted by molar-refractivity contribution is -0.142. The monoisotopic (exact) mass is 566 g/mol. The van der Waals surface area contributed by atoms with Crippen LogP contribution in [0.25, 0.3) is 11.1 Å². The summed E-state index contributed by atoms with van der Waals surface area (Å²) in [5.74, 6) is 0.718. The molecule has 0 bridgehead atoms. The number of ether oxygens (including phenoxy) is 1. The third-order valence-electron chi connectivity index (χ3n) is 8.19. The number of rotatable bonds is 13. The summed E-state index contributed by atoms with van der Waals surface area (Å²) < 4.78 is 4.94. The zero-order chi connectivity index (χ0) is 29.1. The lowest BCUT2D eigenvalue weighted by Gasteiger charge is -2.27. The van der Waals surface area contributed by atoms with Gasteiger partial charge in [-0.25, -0.2) is 4.79 Å². The number of methoxy groups -OCH3 is 1. The van der Waals surface area contributed by atoms with Gasteiger partial charge in [-0.3, -0.25) is 9.59 Å². The molecule has 2 N–H and O–H groups in total. The normalized spacial score (nSPS) is 16.0. The molecule has 1 saturated carbocycles.